The van der Waals surface area contributed by atoms with Gasteiger partial charge >= 0.3 is 0 Å². The van der Waals surface area contributed by atoms with Crippen molar-refractivity contribution in [1.82, 2.24) is 4.90 Å². The van der Waals surface area contributed by atoms with E-state index in [1.807, 2.05) is 0 Å². The summed E-state index contributed by atoms with van der Waals surface area (Å²) in [4.78, 5) is 2.62. The molecule has 0 amide bonds. The lowest BCUT2D eigenvalue weighted by atomic mass is 9.90. The van der Waals surface area contributed by atoms with E-state index in [1.165, 1.54) is 25.7 Å². The molecular formula is C12H24N2O. The van der Waals surface area contributed by atoms with E-state index in [4.69, 9.17) is 10.5 Å². The fourth-order valence-electron chi connectivity index (χ4n) is 2.98. The molecule has 0 bridgehead atoms. The molecule has 2 N–H and O–H groups in total. The molecule has 88 valence electrons. The van der Waals surface area contributed by atoms with Crippen LogP contribution in [0.15, 0.2) is 0 Å². The van der Waals surface area contributed by atoms with Gasteiger partial charge in [0.05, 0.1) is 12.2 Å². The van der Waals surface area contributed by atoms with Crippen LogP contribution in [0.1, 0.15) is 39.5 Å². The molecule has 1 heterocycles. The Kier molecular flexibility index (Phi) is 3.65. The summed E-state index contributed by atoms with van der Waals surface area (Å²) in [5.41, 5.74) is 5.94. The Bertz CT molecular complexity index is 192. The first-order valence-electron chi connectivity index (χ1n) is 6.30. The van der Waals surface area contributed by atoms with Gasteiger partial charge in [0, 0.05) is 25.2 Å². The third-order valence-electron chi connectivity index (χ3n) is 3.71. The molecule has 0 unspecified atom stereocenters. The van der Waals surface area contributed by atoms with Crippen LogP contribution in [0.2, 0.25) is 0 Å². The summed E-state index contributed by atoms with van der Waals surface area (Å²) in [6.45, 7) is 6.56. The number of nitrogens with zero attached hydrogens (tertiary/aromatic N) is 1. The van der Waals surface area contributed by atoms with Crippen molar-refractivity contribution in [3.8, 4) is 0 Å². The van der Waals surface area contributed by atoms with Crippen molar-refractivity contribution >= 4 is 0 Å². The molecule has 0 aromatic carbocycles. The van der Waals surface area contributed by atoms with Crippen LogP contribution >= 0.6 is 0 Å². The largest absolute Gasteiger partial charge is 0.373 e. The van der Waals surface area contributed by atoms with Crippen molar-refractivity contribution in [3.05, 3.63) is 0 Å². The zero-order valence-corrected chi connectivity index (χ0v) is 9.98. The Morgan fingerprint density at radius 2 is 1.53 bits per heavy atom. The third-order valence-corrected chi connectivity index (χ3v) is 3.71. The van der Waals surface area contributed by atoms with Crippen LogP contribution in [-0.4, -0.2) is 42.3 Å². The number of hydrogen-bond donors (Lipinski definition) is 1. The van der Waals surface area contributed by atoms with Crippen LogP contribution in [0, 0.1) is 0 Å². The highest BCUT2D eigenvalue weighted by atomic mass is 16.5. The van der Waals surface area contributed by atoms with Crippen LogP contribution in [0.4, 0.5) is 0 Å². The summed E-state index contributed by atoms with van der Waals surface area (Å²) in [6, 6.07) is 1.22. The van der Waals surface area contributed by atoms with E-state index in [2.05, 4.69) is 18.7 Å². The van der Waals surface area contributed by atoms with Crippen molar-refractivity contribution in [2.24, 2.45) is 5.73 Å². The predicted molar refractivity (Wildman–Crippen MR) is 61.8 cm³/mol. The van der Waals surface area contributed by atoms with Gasteiger partial charge in [-0.05, 0) is 39.5 Å². The lowest BCUT2D eigenvalue weighted by Crippen LogP contribution is -2.51. The minimum Gasteiger partial charge on any atom is -0.373 e. The maximum absolute atomic E-state index is 5.94. The second kappa shape index (κ2) is 4.81. The van der Waals surface area contributed by atoms with Crippen molar-refractivity contribution < 1.29 is 4.74 Å². The molecule has 2 rings (SSSR count). The molecule has 3 nitrogen and oxygen atoms in total. The van der Waals surface area contributed by atoms with Crippen LogP contribution < -0.4 is 5.73 Å². The van der Waals surface area contributed by atoms with Gasteiger partial charge in [-0.3, -0.25) is 4.90 Å². The van der Waals surface area contributed by atoms with Crippen molar-refractivity contribution in [1.29, 1.82) is 0 Å². The minimum atomic E-state index is 0.393. The molecule has 2 aliphatic rings. The molecule has 1 aliphatic heterocycles. The highest BCUT2D eigenvalue weighted by Crippen LogP contribution is 2.24. The Balaban J connectivity index is 1.87. The molecule has 1 aliphatic carbocycles. The van der Waals surface area contributed by atoms with Gasteiger partial charge in [0.15, 0.2) is 0 Å². The number of rotatable bonds is 1. The number of ether oxygens (including phenoxy) is 1. The van der Waals surface area contributed by atoms with Crippen LogP contribution in [0.25, 0.3) is 0 Å². The van der Waals surface area contributed by atoms with Crippen molar-refractivity contribution in [3.63, 3.8) is 0 Å². The molecule has 3 heteroatoms. The first-order valence-corrected chi connectivity index (χ1v) is 6.30. The average molecular weight is 212 g/mol. The summed E-state index contributed by atoms with van der Waals surface area (Å²) < 4.78 is 5.76. The number of morpholine rings is 1. The van der Waals surface area contributed by atoms with E-state index in [0.29, 0.717) is 18.2 Å². The molecule has 0 spiro atoms. The number of nitrogens with two attached hydrogens (primary N) is 1. The van der Waals surface area contributed by atoms with E-state index in [-0.39, 0.29) is 0 Å². The van der Waals surface area contributed by atoms with Gasteiger partial charge in [-0.1, -0.05) is 0 Å². The van der Waals surface area contributed by atoms with E-state index in [9.17, 15) is 0 Å². The van der Waals surface area contributed by atoms with Gasteiger partial charge < -0.3 is 10.5 Å². The lowest BCUT2D eigenvalue weighted by Gasteiger charge is -2.42. The van der Waals surface area contributed by atoms with Gasteiger partial charge in [0.25, 0.3) is 0 Å². The summed E-state index contributed by atoms with van der Waals surface area (Å²) in [5.74, 6) is 0. The summed E-state index contributed by atoms with van der Waals surface area (Å²) >= 11 is 0. The van der Waals surface area contributed by atoms with Crippen LogP contribution in [0.3, 0.4) is 0 Å². The van der Waals surface area contributed by atoms with Crippen LogP contribution in [-0.2, 0) is 4.74 Å². The lowest BCUT2D eigenvalue weighted by molar-refractivity contribution is -0.0843. The molecule has 1 saturated carbocycles. The fraction of sp³-hybridized carbons (Fsp3) is 1.00. The zero-order valence-electron chi connectivity index (χ0n) is 9.98. The maximum Gasteiger partial charge on any atom is 0.0678 e. The first kappa shape index (κ1) is 11.4. The normalized spacial score (nSPS) is 44.2. The fourth-order valence-corrected chi connectivity index (χ4v) is 2.98. The average Bonchev–Trinajstić information content (AvgIpc) is 2.17. The highest BCUT2D eigenvalue weighted by molar-refractivity contribution is 4.84. The van der Waals surface area contributed by atoms with Crippen molar-refractivity contribution in [2.45, 2.75) is 63.8 Å². The summed E-state index contributed by atoms with van der Waals surface area (Å²) in [5, 5.41) is 0. The van der Waals surface area contributed by atoms with Gasteiger partial charge in [0.2, 0.25) is 0 Å². The molecule has 2 atom stereocenters. The summed E-state index contributed by atoms with van der Waals surface area (Å²) in [7, 11) is 0. The Morgan fingerprint density at radius 3 is 2.07 bits per heavy atom. The molecule has 0 aromatic rings. The molecule has 0 aromatic heterocycles. The Labute approximate surface area is 93.0 Å². The van der Waals surface area contributed by atoms with Gasteiger partial charge in [-0.2, -0.15) is 0 Å². The standard InChI is InChI=1S/C12H24N2O/c1-9-7-14(8-10(2)15-9)12-5-3-11(13)4-6-12/h9-12H,3-8,13H2,1-2H3/t9-,10+,11-,12+. The topological polar surface area (TPSA) is 38.5 Å². The minimum absolute atomic E-state index is 0.393. The molecule has 1 saturated heterocycles. The smallest absolute Gasteiger partial charge is 0.0678 e. The molecular weight excluding hydrogens is 188 g/mol. The Morgan fingerprint density at radius 1 is 1.00 bits per heavy atom. The van der Waals surface area contributed by atoms with E-state index in [0.717, 1.165) is 19.1 Å². The van der Waals surface area contributed by atoms with E-state index < -0.39 is 0 Å². The highest BCUT2D eigenvalue weighted by Gasteiger charge is 2.29. The summed E-state index contributed by atoms with van der Waals surface area (Å²) in [6.07, 6.45) is 5.74. The van der Waals surface area contributed by atoms with Crippen LogP contribution in [0.5, 0.6) is 0 Å². The Hall–Kier alpha value is -0.120. The first-order chi connectivity index (χ1) is 7.15. The van der Waals surface area contributed by atoms with Crippen molar-refractivity contribution in [2.75, 3.05) is 13.1 Å². The third kappa shape index (κ3) is 2.92. The second-order valence-electron chi connectivity index (χ2n) is 5.28. The zero-order chi connectivity index (χ0) is 10.8. The monoisotopic (exact) mass is 212 g/mol. The van der Waals surface area contributed by atoms with E-state index in [1.54, 1.807) is 0 Å². The molecule has 15 heavy (non-hydrogen) atoms. The van der Waals surface area contributed by atoms with Gasteiger partial charge in [-0.15, -0.1) is 0 Å². The van der Waals surface area contributed by atoms with E-state index >= 15 is 0 Å². The second-order valence-corrected chi connectivity index (χ2v) is 5.28. The maximum atomic E-state index is 5.94. The van der Waals surface area contributed by atoms with Gasteiger partial charge in [-0.25, -0.2) is 0 Å². The van der Waals surface area contributed by atoms with Gasteiger partial charge in [0.1, 0.15) is 0 Å². The molecule has 0 radical (unpaired) electrons. The predicted octanol–water partition coefficient (Wildman–Crippen LogP) is 1.37. The number of hydrogen-bond acceptors (Lipinski definition) is 3. The molecule has 2 fully saturated rings. The SMILES string of the molecule is C[C@@H]1CN([C@H]2CC[C@@H](N)CC2)C[C@H](C)O1. The quantitative estimate of drug-likeness (QED) is 0.713.